The largest absolute Gasteiger partial charge is 0.298 e. The molecule has 2 aliphatic rings. The standard InChI is InChI=1S/C17H23N3/c18-13-17(19-11-15-7-8-15)9-4-10-20(14-17)12-16-5-2-1-3-6-16/h1-3,5-6,15,19H,4,7-12,14H2. The summed E-state index contributed by atoms with van der Waals surface area (Å²) in [6, 6.07) is 13.1. The summed E-state index contributed by atoms with van der Waals surface area (Å²) < 4.78 is 0. The molecule has 20 heavy (non-hydrogen) atoms. The molecule has 0 spiro atoms. The number of benzene rings is 1. The maximum Gasteiger partial charge on any atom is 0.119 e. The highest BCUT2D eigenvalue weighted by Gasteiger charge is 2.36. The summed E-state index contributed by atoms with van der Waals surface area (Å²) in [4.78, 5) is 2.42. The molecule has 1 aliphatic carbocycles. The predicted octanol–water partition coefficient (Wildman–Crippen LogP) is 2.54. The number of likely N-dealkylation sites (tertiary alicyclic amines) is 1. The third-order valence-electron chi connectivity index (χ3n) is 4.46. The highest BCUT2D eigenvalue weighted by molar-refractivity contribution is 5.16. The van der Waals surface area contributed by atoms with Crippen LogP contribution in [0.25, 0.3) is 0 Å². The van der Waals surface area contributed by atoms with Gasteiger partial charge in [-0.2, -0.15) is 5.26 Å². The highest BCUT2D eigenvalue weighted by atomic mass is 15.2. The van der Waals surface area contributed by atoms with Crippen LogP contribution in [0.1, 0.15) is 31.2 Å². The molecule has 3 nitrogen and oxygen atoms in total. The number of hydrogen-bond acceptors (Lipinski definition) is 3. The lowest BCUT2D eigenvalue weighted by atomic mass is 9.90. The van der Waals surface area contributed by atoms with E-state index in [4.69, 9.17) is 0 Å². The Bertz CT molecular complexity index is 475. The quantitative estimate of drug-likeness (QED) is 0.893. The Balaban J connectivity index is 1.60. The van der Waals surface area contributed by atoms with Gasteiger partial charge in [0.05, 0.1) is 6.07 Å². The Hall–Kier alpha value is -1.37. The minimum Gasteiger partial charge on any atom is -0.298 e. The van der Waals surface area contributed by atoms with Gasteiger partial charge in [0.2, 0.25) is 0 Å². The molecule has 2 fully saturated rings. The van der Waals surface area contributed by atoms with E-state index in [0.717, 1.165) is 44.9 Å². The van der Waals surface area contributed by atoms with Crippen molar-refractivity contribution in [2.45, 2.75) is 37.8 Å². The van der Waals surface area contributed by atoms with Gasteiger partial charge in [-0.05, 0) is 50.3 Å². The summed E-state index contributed by atoms with van der Waals surface area (Å²) in [5, 5.41) is 13.2. The summed E-state index contributed by atoms with van der Waals surface area (Å²) in [5.41, 5.74) is 1.01. The minimum absolute atomic E-state index is 0.324. The molecule has 1 aromatic rings. The zero-order valence-corrected chi connectivity index (χ0v) is 12.0. The molecule has 1 saturated carbocycles. The third-order valence-corrected chi connectivity index (χ3v) is 4.46. The van der Waals surface area contributed by atoms with Crippen molar-refractivity contribution in [1.29, 1.82) is 5.26 Å². The van der Waals surface area contributed by atoms with Crippen molar-refractivity contribution in [3.05, 3.63) is 35.9 Å². The fourth-order valence-electron chi connectivity index (χ4n) is 3.06. The Labute approximate surface area is 121 Å². The predicted molar refractivity (Wildman–Crippen MR) is 80.0 cm³/mol. The van der Waals surface area contributed by atoms with Gasteiger partial charge in [0.1, 0.15) is 5.54 Å². The first kappa shape index (κ1) is 13.6. The second-order valence-electron chi connectivity index (χ2n) is 6.32. The molecular formula is C17H23N3. The zero-order chi connectivity index (χ0) is 13.8. The first-order valence-electron chi connectivity index (χ1n) is 7.72. The number of piperidine rings is 1. The molecule has 1 unspecified atom stereocenters. The lowest BCUT2D eigenvalue weighted by Crippen LogP contribution is -2.56. The molecule has 0 radical (unpaired) electrons. The molecule has 1 saturated heterocycles. The van der Waals surface area contributed by atoms with E-state index in [2.05, 4.69) is 46.6 Å². The monoisotopic (exact) mass is 269 g/mol. The Morgan fingerprint density at radius 2 is 2.10 bits per heavy atom. The Morgan fingerprint density at radius 3 is 2.80 bits per heavy atom. The molecule has 0 bridgehead atoms. The van der Waals surface area contributed by atoms with E-state index >= 15 is 0 Å². The van der Waals surface area contributed by atoms with Crippen molar-refractivity contribution >= 4 is 0 Å². The number of rotatable bonds is 5. The fraction of sp³-hybridized carbons (Fsp3) is 0.588. The first-order chi connectivity index (χ1) is 9.80. The van der Waals surface area contributed by atoms with Gasteiger partial charge in [-0.1, -0.05) is 30.3 Å². The molecule has 1 aromatic carbocycles. The van der Waals surface area contributed by atoms with Gasteiger partial charge in [-0.15, -0.1) is 0 Å². The molecule has 1 N–H and O–H groups in total. The van der Waals surface area contributed by atoms with Crippen LogP contribution in [0.2, 0.25) is 0 Å². The lowest BCUT2D eigenvalue weighted by molar-refractivity contribution is 0.148. The third kappa shape index (κ3) is 3.39. The number of nitriles is 1. The normalized spacial score (nSPS) is 27.1. The van der Waals surface area contributed by atoms with E-state index in [1.165, 1.54) is 18.4 Å². The van der Waals surface area contributed by atoms with Gasteiger partial charge in [-0.3, -0.25) is 10.2 Å². The maximum absolute atomic E-state index is 9.62. The van der Waals surface area contributed by atoms with E-state index in [-0.39, 0.29) is 5.54 Å². The van der Waals surface area contributed by atoms with Crippen molar-refractivity contribution in [1.82, 2.24) is 10.2 Å². The average molecular weight is 269 g/mol. The van der Waals surface area contributed by atoms with Crippen LogP contribution in [0.5, 0.6) is 0 Å². The fourth-order valence-corrected chi connectivity index (χ4v) is 3.06. The smallest absolute Gasteiger partial charge is 0.119 e. The van der Waals surface area contributed by atoms with Crippen LogP contribution in [0, 0.1) is 17.2 Å². The highest BCUT2D eigenvalue weighted by Crippen LogP contribution is 2.30. The number of nitrogens with one attached hydrogen (secondary N) is 1. The summed E-state index contributed by atoms with van der Waals surface area (Å²) in [6.07, 6.45) is 4.77. The van der Waals surface area contributed by atoms with Crippen molar-refractivity contribution in [2.75, 3.05) is 19.6 Å². The molecule has 1 aliphatic heterocycles. The molecule has 0 aromatic heterocycles. The average Bonchev–Trinajstić information content (AvgIpc) is 3.31. The van der Waals surface area contributed by atoms with Gasteiger partial charge in [0, 0.05) is 13.1 Å². The minimum atomic E-state index is -0.324. The van der Waals surface area contributed by atoms with E-state index in [1.807, 2.05) is 0 Å². The van der Waals surface area contributed by atoms with E-state index in [0.29, 0.717) is 0 Å². The van der Waals surface area contributed by atoms with Crippen LogP contribution >= 0.6 is 0 Å². The van der Waals surface area contributed by atoms with Crippen molar-refractivity contribution in [3.63, 3.8) is 0 Å². The molecule has 1 heterocycles. The number of nitrogens with zero attached hydrogens (tertiary/aromatic N) is 2. The Kier molecular flexibility index (Phi) is 4.05. The van der Waals surface area contributed by atoms with E-state index in [1.54, 1.807) is 0 Å². The van der Waals surface area contributed by atoms with Gasteiger partial charge >= 0.3 is 0 Å². The topological polar surface area (TPSA) is 39.1 Å². The summed E-state index contributed by atoms with van der Waals surface area (Å²) in [6.45, 7) is 3.93. The van der Waals surface area contributed by atoms with Crippen LogP contribution in [0.3, 0.4) is 0 Å². The molecule has 1 atom stereocenters. The van der Waals surface area contributed by atoms with Crippen LogP contribution in [-0.4, -0.2) is 30.1 Å². The molecular weight excluding hydrogens is 246 g/mol. The van der Waals surface area contributed by atoms with Crippen LogP contribution in [-0.2, 0) is 6.54 Å². The van der Waals surface area contributed by atoms with Crippen molar-refractivity contribution in [2.24, 2.45) is 5.92 Å². The Morgan fingerprint density at radius 1 is 1.30 bits per heavy atom. The van der Waals surface area contributed by atoms with Crippen molar-refractivity contribution in [3.8, 4) is 6.07 Å². The second kappa shape index (κ2) is 5.95. The maximum atomic E-state index is 9.62. The van der Waals surface area contributed by atoms with Crippen LogP contribution in [0.15, 0.2) is 30.3 Å². The van der Waals surface area contributed by atoms with E-state index < -0.39 is 0 Å². The van der Waals surface area contributed by atoms with Crippen LogP contribution < -0.4 is 5.32 Å². The van der Waals surface area contributed by atoms with E-state index in [9.17, 15) is 5.26 Å². The first-order valence-corrected chi connectivity index (χ1v) is 7.72. The van der Waals surface area contributed by atoms with Crippen LogP contribution in [0.4, 0.5) is 0 Å². The lowest BCUT2D eigenvalue weighted by Gasteiger charge is -2.39. The van der Waals surface area contributed by atoms with Crippen molar-refractivity contribution < 1.29 is 0 Å². The number of hydrogen-bond donors (Lipinski definition) is 1. The van der Waals surface area contributed by atoms with Gasteiger partial charge < -0.3 is 0 Å². The SMILES string of the molecule is N#CC1(NCC2CC2)CCCN(Cc2ccccc2)C1. The summed E-state index contributed by atoms with van der Waals surface area (Å²) in [7, 11) is 0. The van der Waals surface area contributed by atoms with Gasteiger partial charge in [-0.25, -0.2) is 0 Å². The molecule has 3 heteroatoms. The molecule has 3 rings (SSSR count). The molecule has 106 valence electrons. The van der Waals surface area contributed by atoms with Gasteiger partial charge in [0.25, 0.3) is 0 Å². The summed E-state index contributed by atoms with van der Waals surface area (Å²) >= 11 is 0. The zero-order valence-electron chi connectivity index (χ0n) is 12.0. The summed E-state index contributed by atoms with van der Waals surface area (Å²) in [5.74, 6) is 0.824. The second-order valence-corrected chi connectivity index (χ2v) is 6.32. The van der Waals surface area contributed by atoms with Gasteiger partial charge in [0.15, 0.2) is 0 Å². The molecule has 0 amide bonds.